The highest BCUT2D eigenvalue weighted by Gasteiger charge is 2.02. The van der Waals surface area contributed by atoms with Crippen LogP contribution in [0.3, 0.4) is 0 Å². The van der Waals surface area contributed by atoms with E-state index in [-0.39, 0.29) is 5.82 Å². The van der Waals surface area contributed by atoms with E-state index in [0.29, 0.717) is 18.7 Å². The van der Waals surface area contributed by atoms with E-state index in [2.05, 4.69) is 15.5 Å². The average Bonchev–Trinajstić information content (AvgIpc) is 2.35. The molecule has 1 N–H and O–H groups in total. The van der Waals surface area contributed by atoms with Crippen LogP contribution in [0, 0.1) is 12.7 Å². The Morgan fingerprint density at radius 1 is 1.24 bits per heavy atom. The zero-order valence-corrected chi connectivity index (χ0v) is 9.65. The highest BCUT2D eigenvalue weighted by atomic mass is 19.1. The van der Waals surface area contributed by atoms with Crippen molar-refractivity contribution in [2.75, 3.05) is 0 Å². The van der Waals surface area contributed by atoms with E-state index in [9.17, 15) is 4.39 Å². The van der Waals surface area contributed by atoms with Gasteiger partial charge in [0.05, 0.1) is 5.69 Å². The normalized spacial score (nSPS) is 10.5. The quantitative estimate of drug-likeness (QED) is 0.876. The Bertz CT molecular complexity index is 485. The van der Waals surface area contributed by atoms with Crippen LogP contribution >= 0.6 is 0 Å². The Balaban J connectivity index is 1.92. The van der Waals surface area contributed by atoms with E-state index in [4.69, 9.17) is 0 Å². The largest absolute Gasteiger partial charge is 0.307 e. The summed E-state index contributed by atoms with van der Waals surface area (Å²) in [5, 5.41) is 10.9. The molecule has 0 radical (unpaired) electrons. The molecular weight excluding hydrogens is 217 g/mol. The number of halogens is 1. The summed E-state index contributed by atoms with van der Waals surface area (Å²) in [6.45, 7) is 3.02. The van der Waals surface area contributed by atoms with Gasteiger partial charge in [0, 0.05) is 24.8 Å². The van der Waals surface area contributed by atoms with Gasteiger partial charge in [-0.25, -0.2) is 4.39 Å². The zero-order valence-electron chi connectivity index (χ0n) is 9.65. The summed E-state index contributed by atoms with van der Waals surface area (Å²) in [5.41, 5.74) is 2.58. The Morgan fingerprint density at radius 2 is 2.12 bits per heavy atom. The van der Waals surface area contributed by atoms with Crippen molar-refractivity contribution in [3.8, 4) is 0 Å². The predicted molar refractivity (Wildman–Crippen MR) is 63.7 cm³/mol. The highest BCUT2D eigenvalue weighted by molar-refractivity contribution is 5.23. The molecule has 17 heavy (non-hydrogen) atoms. The van der Waals surface area contributed by atoms with Crippen molar-refractivity contribution in [1.29, 1.82) is 0 Å². The van der Waals surface area contributed by atoms with Crippen LogP contribution < -0.4 is 5.32 Å². The molecule has 0 saturated carbocycles. The molecule has 4 heteroatoms. The van der Waals surface area contributed by atoms with Gasteiger partial charge in [-0.2, -0.15) is 10.2 Å². The number of hydrogen-bond acceptors (Lipinski definition) is 3. The first-order valence-electron chi connectivity index (χ1n) is 5.48. The van der Waals surface area contributed by atoms with Gasteiger partial charge in [0.25, 0.3) is 0 Å². The minimum Gasteiger partial charge on any atom is -0.307 e. The maximum atomic E-state index is 13.4. The van der Waals surface area contributed by atoms with Gasteiger partial charge in [-0.3, -0.25) is 0 Å². The van der Waals surface area contributed by atoms with Gasteiger partial charge >= 0.3 is 0 Å². The first kappa shape index (κ1) is 11.7. The van der Waals surface area contributed by atoms with Crippen molar-refractivity contribution in [2.45, 2.75) is 20.0 Å². The fourth-order valence-corrected chi connectivity index (χ4v) is 1.59. The topological polar surface area (TPSA) is 37.8 Å². The third-order valence-corrected chi connectivity index (χ3v) is 2.45. The molecule has 0 aliphatic heterocycles. The second-order valence-corrected chi connectivity index (χ2v) is 3.91. The summed E-state index contributed by atoms with van der Waals surface area (Å²) >= 11 is 0. The van der Waals surface area contributed by atoms with Crippen molar-refractivity contribution in [2.24, 2.45) is 0 Å². The molecule has 0 aliphatic carbocycles. The first-order valence-corrected chi connectivity index (χ1v) is 5.48. The Hall–Kier alpha value is -1.81. The van der Waals surface area contributed by atoms with Gasteiger partial charge in [-0.05, 0) is 25.1 Å². The van der Waals surface area contributed by atoms with Crippen LogP contribution in [-0.4, -0.2) is 10.2 Å². The molecule has 2 rings (SSSR count). The van der Waals surface area contributed by atoms with Crippen LogP contribution in [0.25, 0.3) is 0 Å². The Labute approximate surface area is 99.7 Å². The molecule has 0 aliphatic rings. The first-order chi connectivity index (χ1) is 8.25. The van der Waals surface area contributed by atoms with E-state index in [0.717, 1.165) is 11.3 Å². The van der Waals surface area contributed by atoms with E-state index >= 15 is 0 Å². The van der Waals surface area contributed by atoms with Gasteiger partial charge in [0.1, 0.15) is 5.82 Å². The van der Waals surface area contributed by atoms with E-state index in [1.807, 2.05) is 25.1 Å². The van der Waals surface area contributed by atoms with Gasteiger partial charge in [-0.15, -0.1) is 0 Å². The summed E-state index contributed by atoms with van der Waals surface area (Å²) < 4.78 is 13.4. The number of aryl methyl sites for hydroxylation is 1. The van der Waals surface area contributed by atoms with Crippen LogP contribution in [0.5, 0.6) is 0 Å². The molecule has 1 heterocycles. The van der Waals surface area contributed by atoms with Crippen molar-refractivity contribution in [3.63, 3.8) is 0 Å². The summed E-state index contributed by atoms with van der Waals surface area (Å²) in [6, 6.07) is 8.82. The number of rotatable bonds is 4. The smallest absolute Gasteiger partial charge is 0.127 e. The molecule has 88 valence electrons. The summed E-state index contributed by atoms with van der Waals surface area (Å²) in [5.74, 6) is -0.178. The average molecular weight is 231 g/mol. The van der Waals surface area contributed by atoms with Crippen molar-refractivity contribution < 1.29 is 4.39 Å². The third kappa shape index (κ3) is 3.32. The standard InChI is InChI=1S/C13H14FN3/c1-10-4-5-13(14)11(7-10)8-15-9-12-3-2-6-16-17-12/h2-7,15H,8-9H2,1H3. The minimum absolute atomic E-state index is 0.178. The van der Waals surface area contributed by atoms with E-state index in [1.165, 1.54) is 6.07 Å². The van der Waals surface area contributed by atoms with Crippen LogP contribution in [0.4, 0.5) is 4.39 Å². The molecule has 0 spiro atoms. The lowest BCUT2D eigenvalue weighted by atomic mass is 10.1. The van der Waals surface area contributed by atoms with Crippen LogP contribution in [0.1, 0.15) is 16.8 Å². The van der Waals surface area contributed by atoms with Crippen molar-refractivity contribution >= 4 is 0 Å². The van der Waals surface area contributed by atoms with Crippen LogP contribution in [0.15, 0.2) is 36.5 Å². The lowest BCUT2D eigenvalue weighted by Gasteiger charge is -2.06. The summed E-state index contributed by atoms with van der Waals surface area (Å²) in [7, 11) is 0. The molecule has 0 fully saturated rings. The van der Waals surface area contributed by atoms with Crippen LogP contribution in [-0.2, 0) is 13.1 Å². The second-order valence-electron chi connectivity index (χ2n) is 3.91. The Kier molecular flexibility index (Phi) is 3.77. The van der Waals surface area contributed by atoms with Gasteiger partial charge in [0.15, 0.2) is 0 Å². The highest BCUT2D eigenvalue weighted by Crippen LogP contribution is 2.09. The fourth-order valence-electron chi connectivity index (χ4n) is 1.59. The molecule has 1 aromatic heterocycles. The third-order valence-electron chi connectivity index (χ3n) is 2.45. The number of nitrogens with zero attached hydrogens (tertiary/aromatic N) is 2. The molecular formula is C13H14FN3. The number of nitrogens with one attached hydrogen (secondary N) is 1. The van der Waals surface area contributed by atoms with Crippen molar-refractivity contribution in [3.05, 3.63) is 59.2 Å². The van der Waals surface area contributed by atoms with E-state index < -0.39 is 0 Å². The number of benzene rings is 1. The molecule has 0 amide bonds. The molecule has 0 unspecified atom stereocenters. The lowest BCUT2D eigenvalue weighted by Crippen LogP contribution is -2.15. The number of aromatic nitrogens is 2. The predicted octanol–water partition coefficient (Wildman–Crippen LogP) is 2.21. The Morgan fingerprint density at radius 3 is 2.88 bits per heavy atom. The molecule has 1 aromatic carbocycles. The van der Waals surface area contributed by atoms with Crippen LogP contribution in [0.2, 0.25) is 0 Å². The van der Waals surface area contributed by atoms with E-state index in [1.54, 1.807) is 12.3 Å². The monoisotopic (exact) mass is 231 g/mol. The molecule has 0 bridgehead atoms. The van der Waals surface area contributed by atoms with Crippen molar-refractivity contribution in [1.82, 2.24) is 15.5 Å². The SMILES string of the molecule is Cc1ccc(F)c(CNCc2cccnn2)c1. The zero-order chi connectivity index (χ0) is 12.1. The fraction of sp³-hybridized carbons (Fsp3) is 0.231. The summed E-state index contributed by atoms with van der Waals surface area (Å²) in [6.07, 6.45) is 1.63. The summed E-state index contributed by atoms with van der Waals surface area (Å²) in [4.78, 5) is 0. The molecule has 3 nitrogen and oxygen atoms in total. The molecule has 2 aromatic rings. The maximum Gasteiger partial charge on any atom is 0.127 e. The van der Waals surface area contributed by atoms with Gasteiger partial charge in [0.2, 0.25) is 0 Å². The minimum atomic E-state index is -0.178. The second kappa shape index (κ2) is 5.50. The molecule has 0 atom stereocenters. The molecule has 0 saturated heterocycles. The number of hydrogen-bond donors (Lipinski definition) is 1. The maximum absolute atomic E-state index is 13.4. The lowest BCUT2D eigenvalue weighted by molar-refractivity contribution is 0.584. The van der Waals surface area contributed by atoms with Gasteiger partial charge < -0.3 is 5.32 Å². The van der Waals surface area contributed by atoms with Gasteiger partial charge in [-0.1, -0.05) is 17.7 Å².